The normalized spacial score (nSPS) is 11.7. The van der Waals surface area contributed by atoms with Gasteiger partial charge in [0.15, 0.2) is 0 Å². The maximum Gasteiger partial charge on any atom is 0.341 e. The van der Waals surface area contributed by atoms with Crippen LogP contribution in [0.3, 0.4) is 0 Å². The highest BCUT2D eigenvalue weighted by molar-refractivity contribution is 5.92. The Balaban J connectivity index is 1.61. The van der Waals surface area contributed by atoms with E-state index in [0.29, 0.717) is 17.1 Å². The molecule has 0 aliphatic heterocycles. The van der Waals surface area contributed by atoms with Crippen molar-refractivity contribution < 1.29 is 23.5 Å². The summed E-state index contributed by atoms with van der Waals surface area (Å²) in [6, 6.07) is 14.0. The van der Waals surface area contributed by atoms with Gasteiger partial charge in [-0.15, -0.1) is 0 Å². The zero-order chi connectivity index (χ0) is 20.1. The van der Waals surface area contributed by atoms with Crippen molar-refractivity contribution in [2.45, 2.75) is 19.5 Å². The number of benzene rings is 2. The van der Waals surface area contributed by atoms with Gasteiger partial charge in [-0.25, -0.2) is 9.59 Å². The lowest BCUT2D eigenvalue weighted by molar-refractivity contribution is 0.0597. The van der Waals surface area contributed by atoms with E-state index in [0.717, 1.165) is 16.5 Å². The first-order valence-corrected chi connectivity index (χ1v) is 8.80. The molecule has 0 aliphatic carbocycles. The summed E-state index contributed by atoms with van der Waals surface area (Å²) in [6.07, 6.45) is 0. The molecule has 0 saturated carbocycles. The summed E-state index contributed by atoms with van der Waals surface area (Å²) in [7, 11) is 2.78. The number of methoxy groups -OCH3 is 2. The number of rotatable bonds is 6. The number of urea groups is 1. The number of fused-ring (bicyclic) bond motifs is 1. The molecule has 2 N–H and O–H groups in total. The van der Waals surface area contributed by atoms with Crippen LogP contribution in [0.25, 0.3) is 11.0 Å². The van der Waals surface area contributed by atoms with E-state index in [1.165, 1.54) is 14.2 Å². The van der Waals surface area contributed by atoms with Crippen molar-refractivity contribution in [2.75, 3.05) is 14.2 Å². The second kappa shape index (κ2) is 8.47. The molecule has 0 spiro atoms. The van der Waals surface area contributed by atoms with Gasteiger partial charge >= 0.3 is 12.0 Å². The monoisotopic (exact) mass is 382 g/mol. The first-order chi connectivity index (χ1) is 13.5. The van der Waals surface area contributed by atoms with Crippen LogP contribution in [0.15, 0.2) is 52.9 Å². The van der Waals surface area contributed by atoms with Crippen LogP contribution in [0.1, 0.15) is 34.6 Å². The molecule has 2 aromatic carbocycles. The van der Waals surface area contributed by atoms with Crippen molar-refractivity contribution in [2.24, 2.45) is 0 Å². The van der Waals surface area contributed by atoms with E-state index in [2.05, 4.69) is 10.6 Å². The maximum absolute atomic E-state index is 12.2. The van der Waals surface area contributed by atoms with Crippen molar-refractivity contribution in [3.05, 3.63) is 65.4 Å². The zero-order valence-electron chi connectivity index (χ0n) is 15.9. The van der Waals surface area contributed by atoms with Gasteiger partial charge in [-0.05, 0) is 36.8 Å². The average Bonchev–Trinajstić information content (AvgIpc) is 3.16. The van der Waals surface area contributed by atoms with E-state index in [9.17, 15) is 9.59 Å². The van der Waals surface area contributed by atoms with E-state index in [4.69, 9.17) is 13.9 Å². The third-order valence-electron chi connectivity index (χ3n) is 4.34. The van der Waals surface area contributed by atoms with Gasteiger partial charge in [-0.2, -0.15) is 0 Å². The topological polar surface area (TPSA) is 89.8 Å². The number of carbonyl (C=O) groups excluding carboxylic acids is 2. The van der Waals surface area contributed by atoms with E-state index in [1.54, 1.807) is 18.2 Å². The van der Waals surface area contributed by atoms with Crippen LogP contribution >= 0.6 is 0 Å². The number of ether oxygens (including phenoxy) is 2. The minimum atomic E-state index is -0.498. The summed E-state index contributed by atoms with van der Waals surface area (Å²) >= 11 is 0. The van der Waals surface area contributed by atoms with Gasteiger partial charge < -0.3 is 24.5 Å². The Kier molecular flexibility index (Phi) is 5.84. The SMILES string of the molecule is COC(=O)c1cc(CNC(=O)N[C@@H](C)c2cc3ccccc3o2)ccc1OC. The van der Waals surface area contributed by atoms with E-state index < -0.39 is 5.97 Å². The van der Waals surface area contributed by atoms with Crippen molar-refractivity contribution in [3.8, 4) is 5.75 Å². The number of hydrogen-bond donors (Lipinski definition) is 2. The highest BCUT2D eigenvalue weighted by Crippen LogP contribution is 2.23. The molecule has 0 saturated heterocycles. The molecule has 3 aromatic rings. The summed E-state index contributed by atoms with van der Waals surface area (Å²) in [4.78, 5) is 24.1. The number of amides is 2. The number of nitrogens with one attached hydrogen (secondary N) is 2. The minimum absolute atomic E-state index is 0.243. The molecule has 0 bridgehead atoms. The van der Waals surface area contributed by atoms with Crippen LogP contribution in [0.2, 0.25) is 0 Å². The van der Waals surface area contributed by atoms with Crippen molar-refractivity contribution >= 4 is 23.0 Å². The van der Waals surface area contributed by atoms with Gasteiger partial charge in [-0.3, -0.25) is 0 Å². The fourth-order valence-electron chi connectivity index (χ4n) is 2.85. The third-order valence-corrected chi connectivity index (χ3v) is 4.34. The first-order valence-electron chi connectivity index (χ1n) is 8.80. The van der Waals surface area contributed by atoms with E-state index in [-0.39, 0.29) is 18.6 Å². The van der Waals surface area contributed by atoms with Crippen molar-refractivity contribution in [1.29, 1.82) is 0 Å². The molecule has 2 amide bonds. The molecular formula is C21H22N2O5. The Morgan fingerprint density at radius 1 is 1.11 bits per heavy atom. The molecule has 7 heteroatoms. The van der Waals surface area contributed by atoms with Gasteiger partial charge in [0, 0.05) is 11.9 Å². The summed E-state index contributed by atoms with van der Waals surface area (Å²) in [5.74, 6) is 0.592. The van der Waals surface area contributed by atoms with Crippen LogP contribution in [0, 0.1) is 0 Å². The van der Waals surface area contributed by atoms with Crippen LogP contribution in [-0.4, -0.2) is 26.2 Å². The lowest BCUT2D eigenvalue weighted by atomic mass is 10.1. The largest absolute Gasteiger partial charge is 0.496 e. The van der Waals surface area contributed by atoms with Gasteiger partial charge in [0.25, 0.3) is 0 Å². The van der Waals surface area contributed by atoms with Crippen LogP contribution in [-0.2, 0) is 11.3 Å². The van der Waals surface area contributed by atoms with Crippen LogP contribution in [0.4, 0.5) is 4.79 Å². The Bertz CT molecular complexity index is 962. The molecule has 146 valence electrons. The fourth-order valence-corrected chi connectivity index (χ4v) is 2.85. The average molecular weight is 382 g/mol. The third kappa shape index (κ3) is 4.25. The number of furan rings is 1. The van der Waals surface area contributed by atoms with Gasteiger partial charge in [0.05, 0.1) is 20.3 Å². The van der Waals surface area contributed by atoms with Gasteiger partial charge in [-0.1, -0.05) is 24.3 Å². The molecule has 0 fully saturated rings. The Labute approximate surface area is 162 Å². The fraction of sp³-hybridized carbons (Fsp3) is 0.238. The molecule has 0 radical (unpaired) electrons. The molecule has 3 rings (SSSR count). The van der Waals surface area contributed by atoms with E-state index >= 15 is 0 Å². The van der Waals surface area contributed by atoms with Gasteiger partial charge in [0.2, 0.25) is 0 Å². The second-order valence-corrected chi connectivity index (χ2v) is 6.26. The highest BCUT2D eigenvalue weighted by atomic mass is 16.5. The second-order valence-electron chi connectivity index (χ2n) is 6.26. The quantitative estimate of drug-likeness (QED) is 0.633. The van der Waals surface area contributed by atoms with E-state index in [1.807, 2.05) is 37.3 Å². The molecule has 1 atom stereocenters. The molecule has 1 aromatic heterocycles. The summed E-state index contributed by atoms with van der Waals surface area (Å²) in [5.41, 5.74) is 1.83. The highest BCUT2D eigenvalue weighted by Gasteiger charge is 2.16. The Morgan fingerprint density at radius 3 is 2.61 bits per heavy atom. The summed E-state index contributed by atoms with van der Waals surface area (Å²) < 4.78 is 15.7. The van der Waals surface area contributed by atoms with Crippen molar-refractivity contribution in [3.63, 3.8) is 0 Å². The van der Waals surface area contributed by atoms with Crippen LogP contribution in [0.5, 0.6) is 5.75 Å². The lowest BCUT2D eigenvalue weighted by Gasteiger charge is -2.13. The van der Waals surface area contributed by atoms with Gasteiger partial charge in [0.1, 0.15) is 22.7 Å². The molecule has 0 aliphatic rings. The molecule has 1 heterocycles. The number of esters is 1. The Morgan fingerprint density at radius 2 is 1.89 bits per heavy atom. The predicted octanol–water partition coefficient (Wildman–Crippen LogP) is 3.79. The first kappa shape index (κ1) is 19.3. The summed E-state index contributed by atoms with van der Waals surface area (Å²) in [6.45, 7) is 2.09. The summed E-state index contributed by atoms with van der Waals surface area (Å²) in [5, 5.41) is 6.59. The van der Waals surface area contributed by atoms with Crippen LogP contribution < -0.4 is 15.4 Å². The zero-order valence-corrected chi connectivity index (χ0v) is 15.9. The predicted molar refractivity (Wildman–Crippen MR) is 104 cm³/mol. The molecule has 7 nitrogen and oxygen atoms in total. The standard InChI is InChI=1S/C21H22N2O5/c1-13(19-11-15-6-4-5-7-17(15)28-19)23-21(25)22-12-14-8-9-18(26-2)16(10-14)20(24)27-3/h4-11,13H,12H2,1-3H3,(H2,22,23,25)/t13-/m0/s1. The minimum Gasteiger partial charge on any atom is -0.496 e. The molecule has 0 unspecified atom stereocenters. The number of hydrogen-bond acceptors (Lipinski definition) is 5. The maximum atomic E-state index is 12.2. The molecule has 28 heavy (non-hydrogen) atoms. The number of carbonyl (C=O) groups is 2. The number of para-hydroxylation sites is 1. The van der Waals surface area contributed by atoms with Crippen molar-refractivity contribution in [1.82, 2.24) is 10.6 Å². The smallest absolute Gasteiger partial charge is 0.341 e. The Hall–Kier alpha value is -3.48. The lowest BCUT2D eigenvalue weighted by Crippen LogP contribution is -2.36. The molecular weight excluding hydrogens is 360 g/mol.